The zero-order chi connectivity index (χ0) is 23.5. The van der Waals surface area contributed by atoms with Gasteiger partial charge in [0.15, 0.2) is 5.13 Å². The van der Waals surface area contributed by atoms with Crippen molar-refractivity contribution < 1.29 is 9.59 Å². The minimum absolute atomic E-state index is 0.0570. The summed E-state index contributed by atoms with van der Waals surface area (Å²) in [5.41, 5.74) is 2.57. The summed E-state index contributed by atoms with van der Waals surface area (Å²) >= 11 is 6.00. The lowest BCUT2D eigenvalue weighted by molar-refractivity contribution is -0.119. The molecule has 3 heterocycles. The van der Waals surface area contributed by atoms with E-state index in [1.54, 1.807) is 25.4 Å². The van der Waals surface area contributed by atoms with Crippen LogP contribution in [-0.2, 0) is 9.59 Å². The number of benzene rings is 1. The molecule has 0 fully saturated rings. The van der Waals surface area contributed by atoms with Gasteiger partial charge in [0, 0.05) is 28.5 Å². The average molecular weight is 540 g/mol. The number of Topliss-reactive ketones (excluding diaryl/α,β-unsaturated/α-hetero) is 1. The molecular weight excluding hydrogens is 522 g/mol. The molecule has 4 rings (SSSR count). The summed E-state index contributed by atoms with van der Waals surface area (Å²) in [5.74, 6) is -1.28. The molecule has 1 amide bonds. The summed E-state index contributed by atoms with van der Waals surface area (Å²) in [7, 11) is 0. The SMILES string of the molecule is CC(=O)C1C(C)=NC(SCC(=O)Nc2nc3ccc(Br)cc3s2)=C(C#N)C1c1cccnc1. The van der Waals surface area contributed by atoms with Crippen molar-refractivity contribution in [3.8, 4) is 6.07 Å². The molecule has 2 unspecified atom stereocenters. The number of nitrogens with zero attached hydrogens (tertiary/aromatic N) is 4. The maximum absolute atomic E-state index is 12.6. The Kier molecular flexibility index (Phi) is 7.02. The number of thioether (sulfide) groups is 1. The van der Waals surface area contributed by atoms with Gasteiger partial charge >= 0.3 is 0 Å². The number of ketones is 1. The van der Waals surface area contributed by atoms with Gasteiger partial charge in [-0.25, -0.2) is 9.98 Å². The smallest absolute Gasteiger partial charge is 0.236 e. The van der Waals surface area contributed by atoms with E-state index in [4.69, 9.17) is 0 Å². The number of thiazole rings is 1. The molecule has 1 N–H and O–H groups in total. The molecule has 0 bridgehead atoms. The number of hydrogen-bond donors (Lipinski definition) is 1. The molecule has 33 heavy (non-hydrogen) atoms. The standard InChI is InChI=1S/C23H18BrN5O2S2/c1-12-20(13(2)30)21(14-4-3-7-26-10-14)16(9-25)22(27-12)32-11-19(31)29-23-28-17-6-5-15(24)8-18(17)33-23/h3-8,10,20-21H,11H2,1-2H3,(H,28,29,31). The van der Waals surface area contributed by atoms with Crippen LogP contribution in [0.25, 0.3) is 10.2 Å². The topological polar surface area (TPSA) is 108 Å². The summed E-state index contributed by atoms with van der Waals surface area (Å²) < 4.78 is 1.91. The van der Waals surface area contributed by atoms with Crippen molar-refractivity contribution in [3.63, 3.8) is 0 Å². The molecule has 2 atom stereocenters. The number of nitriles is 1. The van der Waals surface area contributed by atoms with Crippen LogP contribution in [0.15, 0.2) is 62.8 Å². The van der Waals surface area contributed by atoms with Crippen LogP contribution in [0.3, 0.4) is 0 Å². The monoisotopic (exact) mass is 539 g/mol. The van der Waals surface area contributed by atoms with Gasteiger partial charge in [-0.05, 0) is 43.7 Å². The van der Waals surface area contributed by atoms with Crippen LogP contribution in [0.1, 0.15) is 25.3 Å². The molecule has 0 aliphatic carbocycles. The first-order chi connectivity index (χ1) is 15.9. The van der Waals surface area contributed by atoms with Gasteiger partial charge in [0.25, 0.3) is 0 Å². The van der Waals surface area contributed by atoms with E-state index in [9.17, 15) is 14.9 Å². The van der Waals surface area contributed by atoms with Crippen LogP contribution >= 0.6 is 39.0 Å². The van der Waals surface area contributed by atoms with Crippen molar-refractivity contribution in [3.05, 3.63) is 63.4 Å². The van der Waals surface area contributed by atoms with Gasteiger partial charge in [-0.3, -0.25) is 14.6 Å². The molecule has 1 aliphatic heterocycles. The normalized spacial score (nSPS) is 18.1. The fourth-order valence-corrected chi connectivity index (χ4v) is 6.06. The van der Waals surface area contributed by atoms with Gasteiger partial charge in [0.05, 0.1) is 33.5 Å². The minimum Gasteiger partial charge on any atom is -0.301 e. The number of aromatic nitrogens is 2. The Morgan fingerprint density at radius 2 is 2.15 bits per heavy atom. The van der Waals surface area contributed by atoms with Crippen molar-refractivity contribution in [2.24, 2.45) is 10.9 Å². The van der Waals surface area contributed by atoms with E-state index in [0.717, 1.165) is 20.3 Å². The van der Waals surface area contributed by atoms with E-state index in [0.29, 0.717) is 21.4 Å². The zero-order valence-corrected chi connectivity index (χ0v) is 20.9. The van der Waals surface area contributed by atoms with E-state index < -0.39 is 11.8 Å². The summed E-state index contributed by atoms with van der Waals surface area (Å²) in [6, 6.07) is 11.6. The molecule has 10 heteroatoms. The van der Waals surface area contributed by atoms with Crippen molar-refractivity contribution >= 4 is 71.8 Å². The lowest BCUT2D eigenvalue weighted by Crippen LogP contribution is -2.31. The van der Waals surface area contributed by atoms with Gasteiger partial charge in [-0.1, -0.05) is 45.1 Å². The molecule has 0 spiro atoms. The van der Waals surface area contributed by atoms with Gasteiger partial charge in [-0.2, -0.15) is 5.26 Å². The van der Waals surface area contributed by atoms with E-state index in [1.807, 2.05) is 24.3 Å². The Balaban J connectivity index is 1.55. The largest absolute Gasteiger partial charge is 0.301 e. The third kappa shape index (κ3) is 5.05. The maximum Gasteiger partial charge on any atom is 0.236 e. The Bertz CT molecular complexity index is 1340. The third-order valence-electron chi connectivity index (χ3n) is 5.14. The lowest BCUT2D eigenvalue weighted by Gasteiger charge is -2.29. The van der Waals surface area contributed by atoms with Crippen LogP contribution in [0.5, 0.6) is 0 Å². The molecular formula is C23H18BrN5O2S2. The van der Waals surface area contributed by atoms with Crippen molar-refractivity contribution in [1.82, 2.24) is 9.97 Å². The Hall–Kier alpha value is -2.87. The molecule has 3 aromatic rings. The van der Waals surface area contributed by atoms with Crippen molar-refractivity contribution in [1.29, 1.82) is 5.26 Å². The first-order valence-electron chi connectivity index (χ1n) is 9.96. The number of allylic oxidation sites excluding steroid dienone is 1. The van der Waals surface area contributed by atoms with Crippen LogP contribution in [0, 0.1) is 17.2 Å². The number of aliphatic imine (C=N–C) groups is 1. The Labute approximate surface area is 207 Å². The molecule has 0 saturated heterocycles. The van der Waals surface area contributed by atoms with Crippen molar-refractivity contribution in [2.45, 2.75) is 19.8 Å². The number of hydrogen-bond acceptors (Lipinski definition) is 8. The van der Waals surface area contributed by atoms with Gasteiger partial charge in [0.1, 0.15) is 10.8 Å². The second-order valence-electron chi connectivity index (χ2n) is 7.40. The zero-order valence-electron chi connectivity index (χ0n) is 17.7. The average Bonchev–Trinajstić information content (AvgIpc) is 3.18. The summed E-state index contributed by atoms with van der Waals surface area (Å²) in [6.07, 6.45) is 3.31. The number of halogens is 1. The summed E-state index contributed by atoms with van der Waals surface area (Å²) in [5, 5.41) is 13.7. The van der Waals surface area contributed by atoms with Crippen molar-refractivity contribution in [2.75, 3.05) is 11.1 Å². The maximum atomic E-state index is 12.6. The van der Waals surface area contributed by atoms with Crippen LogP contribution in [0.4, 0.5) is 5.13 Å². The second-order valence-corrected chi connectivity index (χ2v) is 10.3. The lowest BCUT2D eigenvalue weighted by atomic mass is 9.76. The molecule has 0 radical (unpaired) electrons. The van der Waals surface area contributed by atoms with Gasteiger partial charge in [-0.15, -0.1) is 0 Å². The number of anilines is 1. The van der Waals surface area contributed by atoms with E-state index >= 15 is 0 Å². The van der Waals surface area contributed by atoms with Crippen LogP contribution in [-0.4, -0.2) is 33.1 Å². The predicted octanol–water partition coefficient (Wildman–Crippen LogP) is 5.32. The first-order valence-corrected chi connectivity index (χ1v) is 12.6. The van der Waals surface area contributed by atoms with E-state index in [1.165, 1.54) is 30.0 Å². The highest BCUT2D eigenvalue weighted by molar-refractivity contribution is 9.10. The van der Waals surface area contributed by atoms with Gasteiger partial charge in [0.2, 0.25) is 5.91 Å². The fraction of sp³-hybridized carbons (Fsp3) is 0.217. The summed E-state index contributed by atoms with van der Waals surface area (Å²) in [6.45, 7) is 3.29. The fourth-order valence-electron chi connectivity index (χ4n) is 3.75. The van der Waals surface area contributed by atoms with Crippen LogP contribution in [0.2, 0.25) is 0 Å². The molecule has 0 saturated carbocycles. The van der Waals surface area contributed by atoms with E-state index in [2.05, 4.69) is 42.3 Å². The molecule has 1 aliphatic rings. The number of nitrogens with one attached hydrogen (secondary N) is 1. The minimum atomic E-state index is -0.538. The second kappa shape index (κ2) is 9.95. The molecule has 1 aromatic carbocycles. The van der Waals surface area contributed by atoms with Crippen LogP contribution < -0.4 is 5.32 Å². The quantitative estimate of drug-likeness (QED) is 0.453. The number of rotatable bonds is 6. The highest BCUT2D eigenvalue weighted by Gasteiger charge is 2.37. The highest BCUT2D eigenvalue weighted by Crippen LogP contribution is 2.42. The van der Waals surface area contributed by atoms with E-state index in [-0.39, 0.29) is 17.4 Å². The third-order valence-corrected chi connectivity index (χ3v) is 7.56. The first kappa shape index (κ1) is 23.3. The predicted molar refractivity (Wildman–Crippen MR) is 135 cm³/mol. The highest BCUT2D eigenvalue weighted by atomic mass is 79.9. The Morgan fingerprint density at radius 1 is 1.33 bits per heavy atom. The summed E-state index contributed by atoms with van der Waals surface area (Å²) in [4.78, 5) is 38.1. The number of carbonyl (C=O) groups is 2. The molecule has 2 aromatic heterocycles. The number of fused-ring (bicyclic) bond motifs is 1. The number of amides is 1. The van der Waals surface area contributed by atoms with Gasteiger partial charge < -0.3 is 5.32 Å². The Morgan fingerprint density at radius 3 is 2.85 bits per heavy atom. The number of carbonyl (C=O) groups excluding carboxylic acids is 2. The molecule has 7 nitrogen and oxygen atoms in total. The number of pyridine rings is 1. The molecule has 166 valence electrons.